The van der Waals surface area contributed by atoms with Gasteiger partial charge < -0.3 is 14.8 Å². The smallest absolute Gasteiger partial charge is 0.305 e. The van der Waals surface area contributed by atoms with E-state index in [1.807, 2.05) is 0 Å². The molecule has 6 nitrogen and oxygen atoms in total. The molecule has 1 heterocycles. The molecular weight excluding hydrogens is 358 g/mol. The van der Waals surface area contributed by atoms with Crippen LogP contribution in [-0.4, -0.2) is 27.5 Å². The largest absolute Gasteiger partial charge is 0.481 e. The molecule has 0 bridgehead atoms. The second-order valence-electron chi connectivity index (χ2n) is 6.85. The van der Waals surface area contributed by atoms with Crippen LogP contribution in [0.25, 0.3) is 11.3 Å². The Labute approximate surface area is 154 Å². The summed E-state index contributed by atoms with van der Waals surface area (Å²) in [7, 11) is 0. The van der Waals surface area contributed by atoms with Crippen molar-refractivity contribution in [1.82, 2.24) is 10.3 Å². The van der Waals surface area contributed by atoms with Crippen molar-refractivity contribution in [1.29, 1.82) is 0 Å². The van der Waals surface area contributed by atoms with Gasteiger partial charge in [0.2, 0.25) is 5.91 Å². The topological polar surface area (TPSA) is 92.4 Å². The molecule has 0 radical (unpaired) electrons. The lowest BCUT2D eigenvalue weighted by Crippen LogP contribution is -2.47. The van der Waals surface area contributed by atoms with Gasteiger partial charge in [-0.2, -0.15) is 0 Å². The summed E-state index contributed by atoms with van der Waals surface area (Å²) in [5.41, 5.74) is -0.590. The molecule has 2 N–H and O–H groups in total. The van der Waals surface area contributed by atoms with Crippen molar-refractivity contribution in [2.75, 3.05) is 0 Å². The van der Waals surface area contributed by atoms with Gasteiger partial charge in [-0.05, 0) is 25.0 Å². The third-order valence-corrected chi connectivity index (χ3v) is 4.77. The molecule has 144 valence electrons. The van der Waals surface area contributed by atoms with Crippen LogP contribution in [-0.2, 0) is 16.0 Å². The van der Waals surface area contributed by atoms with E-state index < -0.39 is 23.1 Å². The van der Waals surface area contributed by atoms with Crippen LogP contribution in [0.2, 0.25) is 0 Å². The van der Waals surface area contributed by atoms with E-state index in [1.54, 1.807) is 0 Å². The summed E-state index contributed by atoms with van der Waals surface area (Å²) in [5.74, 6) is -2.24. The number of hydrogen-bond acceptors (Lipinski definition) is 4. The molecule has 0 saturated heterocycles. The third kappa shape index (κ3) is 4.69. The maximum atomic E-state index is 13.8. The van der Waals surface area contributed by atoms with E-state index in [2.05, 4.69) is 10.3 Å². The van der Waals surface area contributed by atoms with E-state index in [-0.39, 0.29) is 42.4 Å². The molecule has 0 atom stereocenters. The van der Waals surface area contributed by atoms with Gasteiger partial charge in [0.1, 0.15) is 11.6 Å². The highest BCUT2D eigenvalue weighted by atomic mass is 19.1. The fourth-order valence-electron chi connectivity index (χ4n) is 3.51. The molecule has 1 aliphatic rings. The molecular formula is C19H20F2N2O4. The van der Waals surface area contributed by atoms with Gasteiger partial charge in [-0.3, -0.25) is 9.59 Å². The van der Waals surface area contributed by atoms with Crippen LogP contribution in [0.15, 0.2) is 28.8 Å². The lowest BCUT2D eigenvalue weighted by atomic mass is 9.93. The number of carbonyl (C=O) groups excluding carboxylic acids is 1. The summed E-state index contributed by atoms with van der Waals surface area (Å²) in [6.07, 6.45) is 4.58. The van der Waals surface area contributed by atoms with Crippen LogP contribution >= 0.6 is 0 Å². The lowest BCUT2D eigenvalue weighted by Gasteiger charge is -2.28. The first-order valence-corrected chi connectivity index (χ1v) is 8.80. The van der Waals surface area contributed by atoms with Gasteiger partial charge in [0.25, 0.3) is 0 Å². The van der Waals surface area contributed by atoms with Crippen molar-refractivity contribution in [3.8, 4) is 11.3 Å². The average molecular weight is 378 g/mol. The molecule has 1 aliphatic carbocycles. The predicted molar refractivity (Wildman–Crippen MR) is 91.8 cm³/mol. The van der Waals surface area contributed by atoms with Crippen molar-refractivity contribution in [2.45, 2.75) is 50.5 Å². The SMILES string of the molecule is O=C(O)CC1(NC(=O)CCc2ncc(-c3ccc(F)cc3F)o2)CCCC1. The Hall–Kier alpha value is -2.77. The molecule has 0 aliphatic heterocycles. The minimum atomic E-state index is -0.934. The molecule has 0 spiro atoms. The first-order chi connectivity index (χ1) is 12.9. The number of carboxylic acid groups (broad SMARTS) is 1. The number of rotatable bonds is 7. The summed E-state index contributed by atoms with van der Waals surface area (Å²) in [6.45, 7) is 0. The second-order valence-corrected chi connectivity index (χ2v) is 6.85. The summed E-state index contributed by atoms with van der Waals surface area (Å²) in [5, 5.41) is 11.9. The number of amides is 1. The van der Waals surface area contributed by atoms with Crippen molar-refractivity contribution >= 4 is 11.9 Å². The Morgan fingerprint density at radius 3 is 2.67 bits per heavy atom. The number of nitrogens with one attached hydrogen (secondary N) is 1. The summed E-state index contributed by atoms with van der Waals surface area (Å²) in [4.78, 5) is 27.4. The zero-order chi connectivity index (χ0) is 19.4. The van der Waals surface area contributed by atoms with Gasteiger partial charge in [-0.15, -0.1) is 0 Å². The highest BCUT2D eigenvalue weighted by Crippen LogP contribution is 2.33. The Balaban J connectivity index is 1.59. The fourth-order valence-corrected chi connectivity index (χ4v) is 3.51. The number of halogens is 2. The van der Waals surface area contributed by atoms with Gasteiger partial charge in [0, 0.05) is 18.9 Å². The number of carboxylic acids is 1. The van der Waals surface area contributed by atoms with Gasteiger partial charge >= 0.3 is 5.97 Å². The van der Waals surface area contributed by atoms with Gasteiger partial charge in [-0.1, -0.05) is 12.8 Å². The number of aliphatic carboxylic acids is 1. The van der Waals surface area contributed by atoms with Gasteiger partial charge in [0.15, 0.2) is 11.7 Å². The summed E-state index contributed by atoms with van der Waals surface area (Å²) >= 11 is 0. The molecule has 1 fully saturated rings. The van der Waals surface area contributed by atoms with Crippen LogP contribution < -0.4 is 5.32 Å². The maximum Gasteiger partial charge on any atom is 0.305 e. The monoisotopic (exact) mass is 378 g/mol. The zero-order valence-corrected chi connectivity index (χ0v) is 14.6. The quantitative estimate of drug-likeness (QED) is 0.770. The highest BCUT2D eigenvalue weighted by Gasteiger charge is 2.37. The highest BCUT2D eigenvalue weighted by molar-refractivity contribution is 5.78. The molecule has 1 amide bonds. The number of aryl methyl sites for hydroxylation is 1. The third-order valence-electron chi connectivity index (χ3n) is 4.77. The first-order valence-electron chi connectivity index (χ1n) is 8.80. The van der Waals surface area contributed by atoms with E-state index in [9.17, 15) is 18.4 Å². The van der Waals surface area contributed by atoms with Crippen molar-refractivity contribution in [2.24, 2.45) is 0 Å². The van der Waals surface area contributed by atoms with E-state index in [1.165, 1.54) is 12.3 Å². The minimum absolute atomic E-state index is 0.0766. The van der Waals surface area contributed by atoms with Crippen LogP contribution in [0.3, 0.4) is 0 Å². The lowest BCUT2D eigenvalue weighted by molar-refractivity contribution is -0.139. The Morgan fingerprint density at radius 2 is 2.00 bits per heavy atom. The Kier molecular flexibility index (Phi) is 5.53. The number of hydrogen-bond donors (Lipinski definition) is 2. The molecule has 2 aromatic rings. The molecule has 1 aromatic carbocycles. The fraction of sp³-hybridized carbons (Fsp3) is 0.421. The summed E-state index contributed by atoms with van der Waals surface area (Å²) < 4.78 is 32.2. The van der Waals surface area contributed by atoms with E-state index in [0.29, 0.717) is 12.8 Å². The predicted octanol–water partition coefficient (Wildman–Crippen LogP) is 3.46. The van der Waals surface area contributed by atoms with Gasteiger partial charge in [0.05, 0.1) is 23.7 Å². The molecule has 1 saturated carbocycles. The Morgan fingerprint density at radius 1 is 1.26 bits per heavy atom. The van der Waals surface area contributed by atoms with Crippen LogP contribution in [0.5, 0.6) is 0 Å². The van der Waals surface area contributed by atoms with Crippen LogP contribution in [0.4, 0.5) is 8.78 Å². The molecule has 27 heavy (non-hydrogen) atoms. The van der Waals surface area contributed by atoms with E-state index in [0.717, 1.165) is 25.0 Å². The molecule has 3 rings (SSSR count). The summed E-state index contributed by atoms with van der Waals surface area (Å²) in [6, 6.07) is 3.14. The van der Waals surface area contributed by atoms with Crippen LogP contribution in [0, 0.1) is 11.6 Å². The normalized spacial score (nSPS) is 15.6. The van der Waals surface area contributed by atoms with Crippen molar-refractivity contribution < 1.29 is 27.9 Å². The number of aromatic nitrogens is 1. The maximum absolute atomic E-state index is 13.8. The van der Waals surface area contributed by atoms with Crippen LogP contribution in [0.1, 0.15) is 44.4 Å². The van der Waals surface area contributed by atoms with Crippen molar-refractivity contribution in [3.63, 3.8) is 0 Å². The number of nitrogens with zero attached hydrogens (tertiary/aromatic N) is 1. The second kappa shape index (κ2) is 7.85. The number of benzene rings is 1. The number of carbonyl (C=O) groups is 2. The standard InChI is InChI=1S/C19H20F2N2O4/c20-12-3-4-13(14(21)9-12)15-11-22-17(27-15)6-5-16(24)23-19(10-18(25)26)7-1-2-8-19/h3-4,9,11H,1-2,5-8,10H2,(H,23,24)(H,25,26). The van der Waals surface area contributed by atoms with E-state index in [4.69, 9.17) is 9.52 Å². The molecule has 8 heteroatoms. The molecule has 0 unspecified atom stereocenters. The number of oxazole rings is 1. The van der Waals surface area contributed by atoms with E-state index >= 15 is 0 Å². The first kappa shape index (κ1) is 19.0. The average Bonchev–Trinajstić information content (AvgIpc) is 3.22. The zero-order valence-electron chi connectivity index (χ0n) is 14.6. The van der Waals surface area contributed by atoms with Gasteiger partial charge in [-0.25, -0.2) is 13.8 Å². The van der Waals surface area contributed by atoms with Crippen molar-refractivity contribution in [3.05, 3.63) is 41.9 Å². The molecule has 1 aromatic heterocycles. The minimum Gasteiger partial charge on any atom is -0.481 e. The Bertz CT molecular complexity index is 844.